The lowest BCUT2D eigenvalue weighted by Crippen LogP contribution is -2.06. The van der Waals surface area contributed by atoms with E-state index in [-0.39, 0.29) is 5.92 Å². The number of hydrogen-bond donors (Lipinski definition) is 0. The maximum Gasteiger partial charge on any atom is 0.133 e. The second-order valence-corrected chi connectivity index (χ2v) is 4.73. The molecule has 1 aromatic carbocycles. The third-order valence-corrected chi connectivity index (χ3v) is 3.38. The highest BCUT2D eigenvalue weighted by molar-refractivity contribution is 5.86. The summed E-state index contributed by atoms with van der Waals surface area (Å²) in [6, 6.07) is 15.5. The van der Waals surface area contributed by atoms with E-state index >= 15 is 0 Å². The van der Waals surface area contributed by atoms with E-state index in [4.69, 9.17) is 0 Å². The van der Waals surface area contributed by atoms with E-state index in [0.29, 0.717) is 0 Å². The number of benzene rings is 1. The summed E-state index contributed by atoms with van der Waals surface area (Å²) in [5, 5.41) is 0.996. The van der Waals surface area contributed by atoms with Gasteiger partial charge in [-0.3, -0.25) is 9.97 Å². The molecule has 0 amide bonds. The molecule has 3 heteroatoms. The first kappa shape index (κ1) is 12.5. The van der Waals surface area contributed by atoms with Crippen LogP contribution in [0.15, 0.2) is 54.7 Å². The van der Waals surface area contributed by atoms with Gasteiger partial charge in [0, 0.05) is 17.3 Å². The van der Waals surface area contributed by atoms with Crippen LogP contribution in [-0.4, -0.2) is 16.3 Å². The molecule has 3 nitrogen and oxygen atoms in total. The van der Waals surface area contributed by atoms with Crippen molar-refractivity contribution in [3.63, 3.8) is 0 Å². The molecule has 2 heterocycles. The Morgan fingerprint density at radius 2 is 1.90 bits per heavy atom. The first-order valence-corrected chi connectivity index (χ1v) is 6.52. The van der Waals surface area contributed by atoms with Crippen molar-refractivity contribution in [2.75, 3.05) is 0 Å². The lowest BCUT2D eigenvalue weighted by Gasteiger charge is -2.13. The summed E-state index contributed by atoms with van der Waals surface area (Å²) in [6.07, 6.45) is 2.69. The number of carbonyl (C=O) groups is 1. The van der Waals surface area contributed by atoms with Gasteiger partial charge < -0.3 is 4.79 Å². The Kier molecular flexibility index (Phi) is 3.25. The van der Waals surface area contributed by atoms with Crippen LogP contribution >= 0.6 is 0 Å². The first-order chi connectivity index (χ1) is 9.79. The molecule has 2 aromatic heterocycles. The van der Waals surface area contributed by atoms with Gasteiger partial charge in [-0.25, -0.2) is 0 Å². The number of para-hydroxylation sites is 1. The normalized spacial score (nSPS) is 12.2. The van der Waals surface area contributed by atoms with E-state index in [1.807, 2.05) is 55.5 Å². The van der Waals surface area contributed by atoms with Crippen molar-refractivity contribution in [1.82, 2.24) is 9.97 Å². The van der Waals surface area contributed by atoms with Gasteiger partial charge in [-0.1, -0.05) is 24.3 Å². The summed E-state index contributed by atoms with van der Waals surface area (Å²) >= 11 is 0. The lowest BCUT2D eigenvalue weighted by molar-refractivity contribution is -0.108. The summed E-state index contributed by atoms with van der Waals surface area (Å²) in [4.78, 5) is 20.4. The minimum absolute atomic E-state index is 0.359. The van der Waals surface area contributed by atoms with Crippen molar-refractivity contribution < 1.29 is 4.79 Å². The van der Waals surface area contributed by atoms with E-state index in [9.17, 15) is 4.79 Å². The molecule has 1 unspecified atom stereocenters. The maximum absolute atomic E-state index is 11.6. The van der Waals surface area contributed by atoms with Gasteiger partial charge in [0.2, 0.25) is 0 Å². The number of fused-ring (bicyclic) bond motifs is 1. The second kappa shape index (κ2) is 5.21. The summed E-state index contributed by atoms with van der Waals surface area (Å²) < 4.78 is 0. The zero-order valence-electron chi connectivity index (χ0n) is 11.2. The van der Waals surface area contributed by atoms with Crippen molar-refractivity contribution in [3.8, 4) is 0 Å². The van der Waals surface area contributed by atoms with Crippen molar-refractivity contribution >= 4 is 17.2 Å². The van der Waals surface area contributed by atoms with Crippen LogP contribution in [0.2, 0.25) is 0 Å². The molecular formula is C17H14N2O. The number of aldehydes is 1. The number of rotatable bonds is 3. The van der Waals surface area contributed by atoms with Crippen molar-refractivity contribution in [2.45, 2.75) is 12.8 Å². The fourth-order valence-corrected chi connectivity index (χ4v) is 2.43. The van der Waals surface area contributed by atoms with Crippen molar-refractivity contribution in [2.24, 2.45) is 0 Å². The summed E-state index contributed by atoms with van der Waals surface area (Å²) in [5.41, 5.74) is 3.53. The highest BCUT2D eigenvalue weighted by Gasteiger charge is 2.17. The molecule has 0 aliphatic carbocycles. The predicted molar refractivity (Wildman–Crippen MR) is 78.6 cm³/mol. The molecule has 1 atom stereocenters. The lowest BCUT2D eigenvalue weighted by atomic mass is 9.93. The van der Waals surface area contributed by atoms with Crippen LogP contribution in [-0.2, 0) is 4.79 Å². The second-order valence-electron chi connectivity index (χ2n) is 4.73. The van der Waals surface area contributed by atoms with E-state index in [2.05, 4.69) is 9.97 Å². The molecule has 0 aliphatic rings. The van der Waals surface area contributed by atoms with Gasteiger partial charge in [0.05, 0.1) is 17.1 Å². The van der Waals surface area contributed by atoms with Crippen LogP contribution in [0.25, 0.3) is 10.9 Å². The highest BCUT2D eigenvalue weighted by atomic mass is 16.1. The molecule has 0 N–H and O–H groups in total. The molecule has 98 valence electrons. The third-order valence-electron chi connectivity index (χ3n) is 3.38. The van der Waals surface area contributed by atoms with E-state index < -0.39 is 0 Å². The smallest absolute Gasteiger partial charge is 0.133 e. The standard InChI is InChI=1S/C17H14N2O/c1-12-5-4-8-17(19-12)15(11-20)13-9-10-18-16-7-3-2-6-14(13)16/h2-11,15H,1H3. The van der Waals surface area contributed by atoms with Crippen LogP contribution in [0.5, 0.6) is 0 Å². The monoisotopic (exact) mass is 262 g/mol. The Labute approximate surface area is 117 Å². The van der Waals surface area contributed by atoms with Gasteiger partial charge in [0.25, 0.3) is 0 Å². The Hall–Kier alpha value is -2.55. The third kappa shape index (κ3) is 2.18. The largest absolute Gasteiger partial charge is 0.302 e. The number of pyridine rings is 2. The maximum atomic E-state index is 11.6. The van der Waals surface area contributed by atoms with Gasteiger partial charge in [-0.15, -0.1) is 0 Å². The van der Waals surface area contributed by atoms with Gasteiger partial charge in [-0.2, -0.15) is 0 Å². The number of aryl methyl sites for hydroxylation is 1. The molecule has 0 aliphatic heterocycles. The summed E-state index contributed by atoms with van der Waals surface area (Å²) in [6.45, 7) is 1.93. The van der Waals surface area contributed by atoms with Crippen LogP contribution in [0, 0.1) is 6.92 Å². The number of aromatic nitrogens is 2. The van der Waals surface area contributed by atoms with Gasteiger partial charge >= 0.3 is 0 Å². The molecule has 0 saturated heterocycles. The van der Waals surface area contributed by atoms with E-state index in [1.165, 1.54) is 0 Å². The molecule has 3 rings (SSSR count). The van der Waals surface area contributed by atoms with Crippen molar-refractivity contribution in [3.05, 3.63) is 71.7 Å². The first-order valence-electron chi connectivity index (χ1n) is 6.52. The number of hydrogen-bond acceptors (Lipinski definition) is 3. The Bertz CT molecular complexity index is 762. The Morgan fingerprint density at radius 3 is 2.70 bits per heavy atom. The van der Waals surface area contributed by atoms with Crippen LogP contribution in [0.4, 0.5) is 0 Å². The fourth-order valence-electron chi connectivity index (χ4n) is 2.43. The number of carbonyl (C=O) groups excluding carboxylic acids is 1. The molecule has 20 heavy (non-hydrogen) atoms. The van der Waals surface area contributed by atoms with E-state index in [1.54, 1.807) is 6.20 Å². The fraction of sp³-hybridized carbons (Fsp3) is 0.118. The number of nitrogens with zero attached hydrogens (tertiary/aromatic N) is 2. The minimum atomic E-state index is -0.359. The van der Waals surface area contributed by atoms with Gasteiger partial charge in [0.1, 0.15) is 6.29 Å². The van der Waals surface area contributed by atoms with E-state index in [0.717, 1.165) is 34.1 Å². The average molecular weight is 262 g/mol. The Morgan fingerprint density at radius 1 is 1.05 bits per heavy atom. The van der Waals surface area contributed by atoms with Crippen molar-refractivity contribution in [1.29, 1.82) is 0 Å². The molecule has 0 fully saturated rings. The average Bonchev–Trinajstić information content (AvgIpc) is 2.48. The molecule has 0 bridgehead atoms. The molecule has 0 spiro atoms. The molecule has 3 aromatic rings. The van der Waals surface area contributed by atoms with Gasteiger partial charge in [-0.05, 0) is 36.8 Å². The Balaban J connectivity index is 2.19. The predicted octanol–water partition coefficient (Wildman–Crippen LogP) is 3.27. The topological polar surface area (TPSA) is 42.9 Å². The summed E-state index contributed by atoms with van der Waals surface area (Å²) in [5.74, 6) is -0.359. The SMILES string of the molecule is Cc1cccc(C(C=O)c2ccnc3ccccc23)n1. The molecular weight excluding hydrogens is 248 g/mol. The van der Waals surface area contributed by atoms with Gasteiger partial charge in [0.15, 0.2) is 0 Å². The molecule has 0 radical (unpaired) electrons. The zero-order chi connectivity index (χ0) is 13.9. The van der Waals surface area contributed by atoms with Crippen LogP contribution < -0.4 is 0 Å². The quantitative estimate of drug-likeness (QED) is 0.680. The zero-order valence-corrected chi connectivity index (χ0v) is 11.2. The van der Waals surface area contributed by atoms with Crippen LogP contribution in [0.1, 0.15) is 22.9 Å². The summed E-state index contributed by atoms with van der Waals surface area (Å²) in [7, 11) is 0. The molecule has 0 saturated carbocycles. The highest BCUT2D eigenvalue weighted by Crippen LogP contribution is 2.27. The van der Waals surface area contributed by atoms with Crippen LogP contribution in [0.3, 0.4) is 0 Å². The minimum Gasteiger partial charge on any atom is -0.302 e.